The second-order valence-electron chi connectivity index (χ2n) is 8.09. The van der Waals surface area contributed by atoms with E-state index in [1.165, 1.54) is 23.7 Å². The van der Waals surface area contributed by atoms with Gasteiger partial charge in [0.05, 0.1) is 6.54 Å². The molecule has 4 rings (SSSR count). The van der Waals surface area contributed by atoms with Crippen molar-refractivity contribution >= 4 is 16.8 Å². The molecular formula is C25H31N3O2. The number of nitrogens with zero attached hydrogens (tertiary/aromatic N) is 3. The number of rotatable bonds is 8. The molecule has 0 spiro atoms. The highest BCUT2D eigenvalue weighted by atomic mass is 16.5. The van der Waals surface area contributed by atoms with E-state index in [4.69, 9.17) is 4.74 Å². The first kappa shape index (κ1) is 20.6. The molecule has 1 amide bonds. The number of amides is 1. The Morgan fingerprint density at radius 2 is 1.77 bits per heavy atom. The quantitative estimate of drug-likeness (QED) is 0.569. The molecule has 0 N–H and O–H groups in total. The van der Waals surface area contributed by atoms with Gasteiger partial charge in [-0.3, -0.25) is 4.79 Å². The molecule has 158 valence electrons. The van der Waals surface area contributed by atoms with Gasteiger partial charge in [0.25, 0.3) is 5.91 Å². The fourth-order valence-corrected chi connectivity index (χ4v) is 4.40. The number of carbonyl (C=O) groups excluding carboxylic acids is 1. The molecule has 2 heterocycles. The van der Waals surface area contributed by atoms with Gasteiger partial charge < -0.3 is 19.1 Å². The van der Waals surface area contributed by atoms with Gasteiger partial charge in [-0.1, -0.05) is 48.5 Å². The van der Waals surface area contributed by atoms with Gasteiger partial charge in [0.2, 0.25) is 0 Å². The zero-order valence-corrected chi connectivity index (χ0v) is 18.0. The molecule has 1 aliphatic heterocycles. The fourth-order valence-electron chi connectivity index (χ4n) is 4.40. The summed E-state index contributed by atoms with van der Waals surface area (Å²) in [6, 6.07) is 20.3. The monoisotopic (exact) mass is 405 g/mol. The second kappa shape index (κ2) is 9.45. The van der Waals surface area contributed by atoms with Crippen molar-refractivity contribution in [1.29, 1.82) is 0 Å². The van der Waals surface area contributed by atoms with Gasteiger partial charge >= 0.3 is 0 Å². The van der Waals surface area contributed by atoms with E-state index >= 15 is 0 Å². The Balaban J connectivity index is 1.59. The number of para-hydroxylation sites is 1. The fraction of sp³-hybridized carbons (Fsp3) is 0.400. The van der Waals surface area contributed by atoms with Gasteiger partial charge in [-0.2, -0.15) is 0 Å². The standard InChI is InChI=1S/C25H31N3O2/c1-26-22(18-21-12-6-7-13-23(21)26)19-28(17-16-27-14-8-9-15-27)25(29)24(30-2)20-10-4-3-5-11-20/h3-7,10-13,18,24H,8-9,14-17,19H2,1-2H3. The third-order valence-corrected chi connectivity index (χ3v) is 6.16. The maximum atomic E-state index is 13.6. The molecular weight excluding hydrogens is 374 g/mol. The summed E-state index contributed by atoms with van der Waals surface area (Å²) in [5, 5.41) is 1.20. The van der Waals surface area contributed by atoms with E-state index in [9.17, 15) is 4.79 Å². The van der Waals surface area contributed by atoms with Crippen LogP contribution >= 0.6 is 0 Å². The van der Waals surface area contributed by atoms with E-state index in [1.54, 1.807) is 7.11 Å². The number of methoxy groups -OCH3 is 1. The molecule has 0 saturated carbocycles. The highest BCUT2D eigenvalue weighted by Gasteiger charge is 2.27. The smallest absolute Gasteiger partial charge is 0.256 e. The highest BCUT2D eigenvalue weighted by molar-refractivity contribution is 5.83. The Kier molecular flexibility index (Phi) is 6.50. The number of fused-ring (bicyclic) bond motifs is 1. The molecule has 1 unspecified atom stereocenters. The van der Waals surface area contributed by atoms with Crippen LogP contribution < -0.4 is 0 Å². The van der Waals surface area contributed by atoms with Crippen molar-refractivity contribution in [3.05, 3.63) is 71.9 Å². The Morgan fingerprint density at radius 1 is 1.07 bits per heavy atom. The van der Waals surface area contributed by atoms with Crippen LogP contribution in [0.3, 0.4) is 0 Å². The Hall–Kier alpha value is -2.63. The summed E-state index contributed by atoms with van der Waals surface area (Å²) >= 11 is 0. The third kappa shape index (κ3) is 4.42. The average molecular weight is 406 g/mol. The number of benzene rings is 2. The molecule has 0 bridgehead atoms. The van der Waals surface area contributed by atoms with Crippen LogP contribution in [0.2, 0.25) is 0 Å². The van der Waals surface area contributed by atoms with E-state index in [0.29, 0.717) is 13.1 Å². The van der Waals surface area contributed by atoms with Gasteiger partial charge in [-0.15, -0.1) is 0 Å². The number of hydrogen-bond donors (Lipinski definition) is 0. The summed E-state index contributed by atoms with van der Waals surface area (Å²) in [5.41, 5.74) is 3.22. The van der Waals surface area contributed by atoms with E-state index in [-0.39, 0.29) is 5.91 Å². The van der Waals surface area contributed by atoms with Crippen molar-refractivity contribution < 1.29 is 9.53 Å². The first-order valence-electron chi connectivity index (χ1n) is 10.8. The summed E-state index contributed by atoms with van der Waals surface area (Å²) in [6.07, 6.45) is 1.92. The van der Waals surface area contributed by atoms with Crippen LogP contribution in [-0.2, 0) is 23.1 Å². The van der Waals surface area contributed by atoms with E-state index in [0.717, 1.165) is 30.9 Å². The molecule has 2 aromatic carbocycles. The van der Waals surface area contributed by atoms with Gasteiger partial charge in [0.1, 0.15) is 0 Å². The van der Waals surface area contributed by atoms with Crippen molar-refractivity contribution in [3.8, 4) is 0 Å². The van der Waals surface area contributed by atoms with Crippen LogP contribution in [0.15, 0.2) is 60.7 Å². The van der Waals surface area contributed by atoms with Crippen LogP contribution in [0, 0.1) is 0 Å². The average Bonchev–Trinajstić information content (AvgIpc) is 3.41. The predicted molar refractivity (Wildman–Crippen MR) is 120 cm³/mol. The van der Waals surface area contributed by atoms with E-state index in [2.05, 4.69) is 46.8 Å². The van der Waals surface area contributed by atoms with Gasteiger partial charge in [0, 0.05) is 38.5 Å². The molecule has 5 heteroatoms. The van der Waals surface area contributed by atoms with E-state index in [1.807, 2.05) is 35.2 Å². The van der Waals surface area contributed by atoms with Gasteiger partial charge in [-0.05, 0) is 49.0 Å². The molecule has 30 heavy (non-hydrogen) atoms. The largest absolute Gasteiger partial charge is 0.367 e. The number of hydrogen-bond acceptors (Lipinski definition) is 3. The van der Waals surface area contributed by atoms with Gasteiger partial charge in [-0.25, -0.2) is 0 Å². The highest BCUT2D eigenvalue weighted by Crippen LogP contribution is 2.23. The van der Waals surface area contributed by atoms with Crippen molar-refractivity contribution in [2.45, 2.75) is 25.5 Å². The summed E-state index contributed by atoms with van der Waals surface area (Å²) in [4.78, 5) is 18.0. The second-order valence-corrected chi connectivity index (χ2v) is 8.09. The lowest BCUT2D eigenvalue weighted by Gasteiger charge is -2.29. The molecule has 1 fully saturated rings. The Bertz CT molecular complexity index is 976. The number of carbonyl (C=O) groups is 1. The number of likely N-dealkylation sites (tertiary alicyclic amines) is 1. The third-order valence-electron chi connectivity index (χ3n) is 6.16. The number of aryl methyl sites for hydroxylation is 1. The normalized spacial score (nSPS) is 15.5. The summed E-state index contributed by atoms with van der Waals surface area (Å²) in [5.74, 6) is 0.0214. The predicted octanol–water partition coefficient (Wildman–Crippen LogP) is 3.99. The minimum Gasteiger partial charge on any atom is -0.367 e. The van der Waals surface area contributed by atoms with Crippen LogP contribution in [0.1, 0.15) is 30.2 Å². The summed E-state index contributed by atoms with van der Waals surface area (Å²) in [6.45, 7) is 4.43. The lowest BCUT2D eigenvalue weighted by atomic mass is 10.1. The minimum absolute atomic E-state index is 0.0214. The molecule has 0 radical (unpaired) electrons. The van der Waals surface area contributed by atoms with Crippen molar-refractivity contribution in [3.63, 3.8) is 0 Å². The molecule has 1 saturated heterocycles. The van der Waals surface area contributed by atoms with Crippen molar-refractivity contribution in [1.82, 2.24) is 14.4 Å². The zero-order valence-electron chi connectivity index (χ0n) is 18.0. The van der Waals surface area contributed by atoms with Crippen molar-refractivity contribution in [2.75, 3.05) is 33.3 Å². The first-order chi connectivity index (χ1) is 14.7. The minimum atomic E-state index is -0.584. The first-order valence-corrected chi connectivity index (χ1v) is 10.8. The van der Waals surface area contributed by atoms with Crippen LogP contribution in [0.25, 0.3) is 10.9 Å². The molecule has 1 aliphatic rings. The maximum absolute atomic E-state index is 13.6. The molecule has 5 nitrogen and oxygen atoms in total. The van der Waals surface area contributed by atoms with E-state index < -0.39 is 6.10 Å². The lowest BCUT2D eigenvalue weighted by molar-refractivity contribution is -0.143. The lowest BCUT2D eigenvalue weighted by Crippen LogP contribution is -2.40. The van der Waals surface area contributed by atoms with Crippen molar-refractivity contribution in [2.24, 2.45) is 7.05 Å². The van der Waals surface area contributed by atoms with Crippen LogP contribution in [0.4, 0.5) is 0 Å². The summed E-state index contributed by atoms with van der Waals surface area (Å²) < 4.78 is 7.86. The Morgan fingerprint density at radius 3 is 2.47 bits per heavy atom. The molecule has 1 aromatic heterocycles. The zero-order chi connectivity index (χ0) is 20.9. The van der Waals surface area contributed by atoms with Crippen LogP contribution in [-0.4, -0.2) is 53.6 Å². The SMILES string of the molecule is COC(C(=O)N(CCN1CCCC1)Cc1cc2ccccc2n1C)c1ccccc1. The molecule has 1 atom stereocenters. The Labute approximate surface area is 178 Å². The maximum Gasteiger partial charge on any atom is 0.256 e. The van der Waals surface area contributed by atoms with Crippen LogP contribution in [0.5, 0.6) is 0 Å². The van der Waals surface area contributed by atoms with Gasteiger partial charge in [0.15, 0.2) is 6.10 Å². The molecule has 0 aliphatic carbocycles. The topological polar surface area (TPSA) is 37.7 Å². The number of aromatic nitrogens is 1. The number of ether oxygens (including phenoxy) is 1. The molecule has 3 aromatic rings. The summed E-state index contributed by atoms with van der Waals surface area (Å²) in [7, 11) is 3.69.